The second-order valence-corrected chi connectivity index (χ2v) is 10.4. The highest BCUT2D eigenvalue weighted by atomic mass is 16.3. The van der Waals surface area contributed by atoms with E-state index in [1.807, 2.05) is 6.26 Å². The van der Waals surface area contributed by atoms with Crippen molar-refractivity contribution < 1.29 is 4.42 Å². The first-order valence-corrected chi connectivity index (χ1v) is 12.5. The van der Waals surface area contributed by atoms with E-state index in [4.69, 9.17) is 9.40 Å². The summed E-state index contributed by atoms with van der Waals surface area (Å²) in [5, 5.41) is 1.13. The largest absolute Gasteiger partial charge is 0.464 e. The molecule has 0 unspecified atom stereocenters. The lowest BCUT2D eigenvalue weighted by Gasteiger charge is -2.22. The van der Waals surface area contributed by atoms with Gasteiger partial charge in [-0.25, -0.2) is 4.98 Å². The van der Waals surface area contributed by atoms with Gasteiger partial charge in [-0.1, -0.05) is 77.9 Å². The minimum absolute atomic E-state index is 0.390. The number of hydrogen-bond donors (Lipinski definition) is 0. The van der Waals surface area contributed by atoms with Gasteiger partial charge in [0.1, 0.15) is 17.7 Å². The molecule has 3 heteroatoms. The maximum absolute atomic E-state index is 6.05. The van der Waals surface area contributed by atoms with E-state index in [2.05, 4.69) is 107 Å². The van der Waals surface area contributed by atoms with Crippen molar-refractivity contribution in [3.8, 4) is 17.1 Å². The normalized spacial score (nSPS) is 12.1. The molecular weight excluding hydrogens is 416 g/mol. The van der Waals surface area contributed by atoms with E-state index in [1.54, 1.807) is 0 Å². The predicted molar refractivity (Wildman–Crippen MR) is 143 cm³/mol. The fourth-order valence-corrected chi connectivity index (χ4v) is 5.05. The molecule has 5 rings (SSSR count). The molecule has 0 fully saturated rings. The van der Waals surface area contributed by atoms with E-state index < -0.39 is 0 Å². The molecule has 0 atom stereocenters. The summed E-state index contributed by atoms with van der Waals surface area (Å²) in [4.78, 5) is 5.18. The minimum Gasteiger partial charge on any atom is -0.464 e. The maximum Gasteiger partial charge on any atom is 0.149 e. The van der Waals surface area contributed by atoms with Gasteiger partial charge in [-0.3, -0.25) is 4.57 Å². The van der Waals surface area contributed by atoms with Crippen molar-refractivity contribution in [2.45, 2.75) is 59.8 Å². The summed E-state index contributed by atoms with van der Waals surface area (Å²) in [5.74, 6) is 2.32. The Bertz CT molecular complexity index is 1440. The Morgan fingerprint density at radius 2 is 1.53 bits per heavy atom. The van der Waals surface area contributed by atoms with E-state index in [1.165, 1.54) is 22.4 Å². The fourth-order valence-electron chi connectivity index (χ4n) is 5.05. The standard InChI is InChI=1S/C31H34N2O/c1-19(2)16-22-14-15-29-25(17-22)26(18-34-29)31-32-27-12-7-8-13-28(27)33(31)30-23(20(3)4)10-9-11-24(30)21(5)6/h7-15,17-21H,16H2,1-6H3. The third kappa shape index (κ3) is 3.83. The van der Waals surface area contributed by atoms with Crippen LogP contribution in [0.1, 0.15) is 70.1 Å². The summed E-state index contributed by atoms with van der Waals surface area (Å²) in [6, 6.07) is 21.7. The van der Waals surface area contributed by atoms with Crippen LogP contribution in [0.3, 0.4) is 0 Å². The molecule has 2 heterocycles. The molecule has 34 heavy (non-hydrogen) atoms. The number of hydrogen-bond acceptors (Lipinski definition) is 2. The predicted octanol–water partition coefficient (Wildman–Crippen LogP) is 8.88. The van der Waals surface area contributed by atoms with Crippen molar-refractivity contribution in [2.75, 3.05) is 0 Å². The lowest BCUT2D eigenvalue weighted by Crippen LogP contribution is -2.08. The van der Waals surface area contributed by atoms with Crippen molar-refractivity contribution in [2.24, 2.45) is 5.92 Å². The number of aromatic nitrogens is 2. The molecule has 0 saturated carbocycles. The summed E-state index contributed by atoms with van der Waals surface area (Å²) in [7, 11) is 0. The van der Waals surface area contributed by atoms with Crippen molar-refractivity contribution in [3.63, 3.8) is 0 Å². The molecule has 0 spiro atoms. The van der Waals surface area contributed by atoms with Gasteiger partial charge in [0.15, 0.2) is 0 Å². The molecule has 0 bridgehead atoms. The molecule has 0 aliphatic rings. The van der Waals surface area contributed by atoms with Crippen molar-refractivity contribution in [1.82, 2.24) is 9.55 Å². The second kappa shape index (κ2) is 8.79. The summed E-state index contributed by atoms with van der Waals surface area (Å²) in [6.45, 7) is 13.6. The molecule has 3 aromatic carbocycles. The van der Waals surface area contributed by atoms with Crippen molar-refractivity contribution >= 4 is 22.0 Å². The van der Waals surface area contributed by atoms with Gasteiger partial charge in [-0.05, 0) is 65.1 Å². The van der Waals surface area contributed by atoms with Crippen LogP contribution < -0.4 is 0 Å². The first kappa shape index (κ1) is 22.5. The second-order valence-electron chi connectivity index (χ2n) is 10.4. The van der Waals surface area contributed by atoms with Crippen LogP contribution in [0.15, 0.2) is 71.3 Å². The Balaban J connectivity index is 1.86. The molecule has 0 amide bonds. The van der Waals surface area contributed by atoms with Crippen molar-refractivity contribution in [3.05, 3.63) is 83.6 Å². The Morgan fingerprint density at radius 1 is 0.824 bits per heavy atom. The molecule has 0 radical (unpaired) electrons. The van der Waals surface area contributed by atoms with Gasteiger partial charge < -0.3 is 4.42 Å². The Hall–Kier alpha value is -3.33. The molecule has 174 valence electrons. The summed E-state index contributed by atoms with van der Waals surface area (Å²) in [5.41, 5.74) is 9.33. The fraction of sp³-hybridized carbons (Fsp3) is 0.323. The highest BCUT2D eigenvalue weighted by Crippen LogP contribution is 2.39. The summed E-state index contributed by atoms with van der Waals surface area (Å²) < 4.78 is 8.43. The van der Waals surface area contributed by atoms with Crippen LogP contribution in [-0.2, 0) is 6.42 Å². The Morgan fingerprint density at radius 3 is 2.21 bits per heavy atom. The number of fused-ring (bicyclic) bond motifs is 2. The van der Waals surface area contributed by atoms with Crippen LogP contribution in [0.5, 0.6) is 0 Å². The summed E-state index contributed by atoms with van der Waals surface area (Å²) >= 11 is 0. The van der Waals surface area contributed by atoms with E-state index >= 15 is 0 Å². The molecule has 0 aliphatic heterocycles. The monoisotopic (exact) mass is 450 g/mol. The zero-order valence-corrected chi connectivity index (χ0v) is 21.1. The van der Waals surface area contributed by atoms with E-state index in [-0.39, 0.29) is 0 Å². The Labute approximate surface area is 202 Å². The number of nitrogens with zero attached hydrogens (tertiary/aromatic N) is 2. The van der Waals surface area contributed by atoms with Crippen LogP contribution in [0, 0.1) is 5.92 Å². The Kier molecular flexibility index (Phi) is 5.81. The molecule has 0 aliphatic carbocycles. The van der Waals surface area contributed by atoms with Gasteiger partial charge in [0.25, 0.3) is 0 Å². The topological polar surface area (TPSA) is 31.0 Å². The SMILES string of the molecule is CC(C)Cc1ccc2occ(-c3nc4ccccc4n3-c3c(C(C)C)cccc3C(C)C)c2c1. The molecule has 0 N–H and O–H groups in total. The van der Waals surface area contributed by atoms with Crippen LogP contribution in [0.2, 0.25) is 0 Å². The molecule has 5 aromatic rings. The molecule has 2 aromatic heterocycles. The van der Waals surface area contributed by atoms with E-state index in [0.29, 0.717) is 17.8 Å². The number of benzene rings is 3. The number of furan rings is 1. The smallest absolute Gasteiger partial charge is 0.149 e. The highest BCUT2D eigenvalue weighted by molar-refractivity contribution is 5.96. The first-order valence-electron chi connectivity index (χ1n) is 12.5. The van der Waals surface area contributed by atoms with E-state index in [9.17, 15) is 0 Å². The zero-order chi connectivity index (χ0) is 24.0. The maximum atomic E-state index is 6.05. The lowest BCUT2D eigenvalue weighted by molar-refractivity contribution is 0.615. The van der Waals surface area contributed by atoms with Gasteiger partial charge in [0.2, 0.25) is 0 Å². The number of imidazole rings is 1. The van der Waals surface area contributed by atoms with Gasteiger partial charge in [0, 0.05) is 5.39 Å². The summed E-state index contributed by atoms with van der Waals surface area (Å²) in [6.07, 6.45) is 2.93. The quantitative estimate of drug-likeness (QED) is 0.259. The first-order chi connectivity index (χ1) is 16.3. The average Bonchev–Trinajstić information content (AvgIpc) is 3.38. The molecular formula is C31H34N2O. The van der Waals surface area contributed by atoms with Gasteiger partial charge >= 0.3 is 0 Å². The van der Waals surface area contributed by atoms with E-state index in [0.717, 1.165) is 39.8 Å². The lowest BCUT2D eigenvalue weighted by atomic mass is 9.92. The van der Waals surface area contributed by atoms with Gasteiger partial charge in [-0.15, -0.1) is 0 Å². The minimum atomic E-state index is 0.390. The van der Waals surface area contributed by atoms with Crippen LogP contribution in [0.25, 0.3) is 39.1 Å². The van der Waals surface area contributed by atoms with Crippen LogP contribution in [0.4, 0.5) is 0 Å². The molecule has 0 saturated heterocycles. The van der Waals surface area contributed by atoms with Crippen LogP contribution in [-0.4, -0.2) is 9.55 Å². The van der Waals surface area contributed by atoms with Gasteiger partial charge in [0.05, 0.1) is 22.3 Å². The number of para-hydroxylation sites is 3. The molecule has 3 nitrogen and oxygen atoms in total. The third-order valence-electron chi connectivity index (χ3n) is 6.65. The highest BCUT2D eigenvalue weighted by Gasteiger charge is 2.23. The number of rotatable bonds is 6. The third-order valence-corrected chi connectivity index (χ3v) is 6.65. The van der Waals surface area contributed by atoms with Gasteiger partial charge in [-0.2, -0.15) is 0 Å². The average molecular weight is 451 g/mol. The van der Waals surface area contributed by atoms with Crippen LogP contribution >= 0.6 is 0 Å². The van der Waals surface area contributed by atoms with Crippen molar-refractivity contribution in [1.29, 1.82) is 0 Å². The zero-order valence-electron chi connectivity index (χ0n) is 21.1.